The number of piperidine rings is 1. The molecule has 4 nitrogen and oxygen atoms in total. The standard InChI is InChI=1S/C12H26N2O2S/c1-5-12(2,3)14(4)17(15,16)10-11-7-6-8-13-9-11/h11,13H,5-10H2,1-4H3. The third-order valence-corrected chi connectivity index (χ3v) is 6.20. The molecule has 0 amide bonds. The first-order valence-electron chi connectivity index (χ1n) is 6.47. The fraction of sp³-hybridized carbons (Fsp3) is 1.00. The van der Waals surface area contributed by atoms with Crippen LogP contribution in [0.2, 0.25) is 0 Å². The van der Waals surface area contributed by atoms with Gasteiger partial charge in [-0.25, -0.2) is 8.42 Å². The van der Waals surface area contributed by atoms with Crippen molar-refractivity contribution < 1.29 is 8.42 Å². The number of nitrogens with one attached hydrogen (secondary N) is 1. The third kappa shape index (κ3) is 3.93. The van der Waals surface area contributed by atoms with Gasteiger partial charge in [-0.2, -0.15) is 4.31 Å². The molecule has 1 unspecified atom stereocenters. The lowest BCUT2D eigenvalue weighted by Crippen LogP contribution is -2.47. The molecule has 0 aliphatic carbocycles. The van der Waals surface area contributed by atoms with E-state index in [4.69, 9.17) is 0 Å². The Morgan fingerprint density at radius 2 is 2.06 bits per heavy atom. The van der Waals surface area contributed by atoms with Crippen LogP contribution in [0.3, 0.4) is 0 Å². The average Bonchev–Trinajstić information content (AvgIpc) is 2.28. The first-order chi connectivity index (χ1) is 7.79. The van der Waals surface area contributed by atoms with Crippen LogP contribution < -0.4 is 5.32 Å². The zero-order chi connectivity index (χ0) is 13.1. The van der Waals surface area contributed by atoms with Crippen LogP contribution in [-0.4, -0.2) is 44.2 Å². The highest BCUT2D eigenvalue weighted by Gasteiger charge is 2.33. The minimum atomic E-state index is -3.14. The van der Waals surface area contributed by atoms with Gasteiger partial charge in [-0.15, -0.1) is 0 Å². The molecule has 1 fully saturated rings. The first-order valence-corrected chi connectivity index (χ1v) is 8.08. The molecular formula is C12H26N2O2S. The Kier molecular flexibility index (Phi) is 4.98. The Morgan fingerprint density at radius 1 is 1.41 bits per heavy atom. The molecule has 1 aliphatic heterocycles. The number of rotatable bonds is 5. The second kappa shape index (κ2) is 5.67. The Bertz CT molecular complexity index is 332. The summed E-state index contributed by atoms with van der Waals surface area (Å²) in [6.45, 7) is 7.83. The fourth-order valence-electron chi connectivity index (χ4n) is 2.08. The summed E-state index contributed by atoms with van der Waals surface area (Å²) in [6, 6.07) is 0. The Hall–Kier alpha value is -0.130. The van der Waals surface area contributed by atoms with Crippen molar-refractivity contribution in [1.29, 1.82) is 0 Å². The summed E-state index contributed by atoms with van der Waals surface area (Å²) < 4.78 is 26.2. The lowest BCUT2D eigenvalue weighted by atomic mass is 10.0. The van der Waals surface area contributed by atoms with Crippen LogP contribution >= 0.6 is 0 Å². The van der Waals surface area contributed by atoms with Crippen molar-refractivity contribution in [2.75, 3.05) is 25.9 Å². The molecule has 0 bridgehead atoms. The van der Waals surface area contributed by atoms with E-state index in [1.807, 2.05) is 20.8 Å². The number of nitrogens with zero attached hydrogens (tertiary/aromatic N) is 1. The van der Waals surface area contributed by atoms with E-state index in [1.54, 1.807) is 11.4 Å². The molecular weight excluding hydrogens is 236 g/mol. The summed E-state index contributed by atoms with van der Waals surface area (Å²) in [5.74, 6) is 0.545. The van der Waals surface area contributed by atoms with E-state index in [0.717, 1.165) is 32.4 Å². The van der Waals surface area contributed by atoms with Gasteiger partial charge in [0.1, 0.15) is 0 Å². The molecule has 0 aromatic heterocycles. The largest absolute Gasteiger partial charge is 0.316 e. The minimum absolute atomic E-state index is 0.267. The molecule has 0 aromatic rings. The molecule has 5 heteroatoms. The van der Waals surface area contributed by atoms with Gasteiger partial charge in [0, 0.05) is 12.6 Å². The topological polar surface area (TPSA) is 49.4 Å². The van der Waals surface area contributed by atoms with Gasteiger partial charge in [-0.05, 0) is 52.1 Å². The van der Waals surface area contributed by atoms with Crippen LogP contribution in [0.25, 0.3) is 0 Å². The van der Waals surface area contributed by atoms with Gasteiger partial charge in [0.05, 0.1) is 5.75 Å². The van der Waals surface area contributed by atoms with Crippen LogP contribution in [0, 0.1) is 5.92 Å². The second-order valence-corrected chi connectivity index (χ2v) is 7.67. The van der Waals surface area contributed by atoms with Crippen LogP contribution in [0.4, 0.5) is 0 Å². The number of hydrogen-bond donors (Lipinski definition) is 1. The Morgan fingerprint density at radius 3 is 2.53 bits per heavy atom. The predicted molar refractivity (Wildman–Crippen MR) is 71.5 cm³/mol. The lowest BCUT2D eigenvalue weighted by molar-refractivity contribution is 0.254. The van der Waals surface area contributed by atoms with Crippen molar-refractivity contribution in [1.82, 2.24) is 9.62 Å². The van der Waals surface area contributed by atoms with Gasteiger partial charge in [0.15, 0.2) is 0 Å². The molecule has 1 N–H and O–H groups in total. The molecule has 1 heterocycles. The summed E-state index contributed by atoms with van der Waals surface area (Å²) in [5, 5.41) is 3.27. The maximum absolute atomic E-state index is 12.3. The molecule has 1 atom stereocenters. The highest BCUT2D eigenvalue weighted by Crippen LogP contribution is 2.23. The number of hydrogen-bond acceptors (Lipinski definition) is 3. The SMILES string of the molecule is CCC(C)(C)N(C)S(=O)(=O)CC1CCCNC1. The lowest BCUT2D eigenvalue weighted by Gasteiger charge is -2.35. The Labute approximate surface area is 106 Å². The van der Waals surface area contributed by atoms with Gasteiger partial charge in [0.25, 0.3) is 0 Å². The molecule has 0 aromatic carbocycles. The smallest absolute Gasteiger partial charge is 0.214 e. The van der Waals surface area contributed by atoms with Gasteiger partial charge in [-0.3, -0.25) is 0 Å². The van der Waals surface area contributed by atoms with Crippen molar-refractivity contribution in [3.05, 3.63) is 0 Å². The molecule has 102 valence electrons. The molecule has 1 aliphatic rings. The first kappa shape index (κ1) is 14.9. The van der Waals surface area contributed by atoms with E-state index in [9.17, 15) is 8.42 Å². The van der Waals surface area contributed by atoms with Crippen LogP contribution in [0.5, 0.6) is 0 Å². The molecule has 1 rings (SSSR count). The fourth-order valence-corrected chi connectivity index (χ4v) is 4.06. The molecule has 17 heavy (non-hydrogen) atoms. The Balaban J connectivity index is 2.67. The van der Waals surface area contributed by atoms with E-state index < -0.39 is 10.0 Å². The highest BCUT2D eigenvalue weighted by atomic mass is 32.2. The predicted octanol–water partition coefficient (Wildman–Crippen LogP) is 1.44. The highest BCUT2D eigenvalue weighted by molar-refractivity contribution is 7.89. The maximum Gasteiger partial charge on any atom is 0.214 e. The summed E-state index contributed by atoms with van der Waals surface area (Å²) in [4.78, 5) is 0. The van der Waals surface area contributed by atoms with Crippen molar-refractivity contribution in [3.8, 4) is 0 Å². The summed E-state index contributed by atoms with van der Waals surface area (Å²) in [5.41, 5.74) is -0.291. The summed E-state index contributed by atoms with van der Waals surface area (Å²) in [7, 11) is -1.43. The van der Waals surface area contributed by atoms with E-state index in [1.165, 1.54) is 0 Å². The van der Waals surface area contributed by atoms with Crippen molar-refractivity contribution in [2.45, 2.75) is 45.6 Å². The van der Waals surface area contributed by atoms with Crippen LogP contribution in [0.15, 0.2) is 0 Å². The van der Waals surface area contributed by atoms with Gasteiger partial charge >= 0.3 is 0 Å². The quantitative estimate of drug-likeness (QED) is 0.815. The van der Waals surface area contributed by atoms with Crippen LogP contribution in [-0.2, 0) is 10.0 Å². The zero-order valence-corrected chi connectivity index (χ0v) is 12.3. The monoisotopic (exact) mass is 262 g/mol. The molecule has 0 radical (unpaired) electrons. The van der Waals surface area contributed by atoms with Crippen LogP contribution in [0.1, 0.15) is 40.0 Å². The van der Waals surface area contributed by atoms with Gasteiger partial charge in [-0.1, -0.05) is 6.92 Å². The summed E-state index contributed by atoms with van der Waals surface area (Å²) >= 11 is 0. The minimum Gasteiger partial charge on any atom is -0.316 e. The third-order valence-electron chi connectivity index (χ3n) is 3.98. The van der Waals surface area contributed by atoms with Gasteiger partial charge in [0.2, 0.25) is 10.0 Å². The molecule has 0 spiro atoms. The zero-order valence-electron chi connectivity index (χ0n) is 11.5. The van der Waals surface area contributed by atoms with E-state index in [-0.39, 0.29) is 17.2 Å². The van der Waals surface area contributed by atoms with Crippen molar-refractivity contribution >= 4 is 10.0 Å². The normalized spacial score (nSPS) is 23.0. The molecule has 1 saturated heterocycles. The van der Waals surface area contributed by atoms with Gasteiger partial charge < -0.3 is 5.32 Å². The van der Waals surface area contributed by atoms with E-state index in [2.05, 4.69) is 5.32 Å². The van der Waals surface area contributed by atoms with Crippen molar-refractivity contribution in [3.63, 3.8) is 0 Å². The molecule has 0 saturated carbocycles. The maximum atomic E-state index is 12.3. The second-order valence-electron chi connectivity index (χ2n) is 5.62. The summed E-state index contributed by atoms with van der Waals surface area (Å²) in [6.07, 6.45) is 2.93. The average molecular weight is 262 g/mol. The van der Waals surface area contributed by atoms with Crippen molar-refractivity contribution in [2.24, 2.45) is 5.92 Å². The van der Waals surface area contributed by atoms with E-state index in [0.29, 0.717) is 0 Å². The van der Waals surface area contributed by atoms with E-state index >= 15 is 0 Å². The number of sulfonamides is 1.